The van der Waals surface area contributed by atoms with Crippen LogP contribution in [0.5, 0.6) is 0 Å². The topological polar surface area (TPSA) is 68.9 Å². The van der Waals surface area contributed by atoms with Gasteiger partial charge in [-0.1, -0.05) is 35.9 Å². The van der Waals surface area contributed by atoms with Crippen LogP contribution in [0.4, 0.5) is 10.1 Å². The second kappa shape index (κ2) is 5.99. The summed E-state index contributed by atoms with van der Waals surface area (Å²) in [4.78, 5) is 4.03. The van der Waals surface area contributed by atoms with E-state index in [2.05, 4.69) is 16.4 Å². The number of nitrogens with zero attached hydrogens (tertiary/aromatic N) is 2. The van der Waals surface area contributed by atoms with Crippen LogP contribution in [-0.4, -0.2) is 16.2 Å². The Kier molecular flexibility index (Phi) is 3.79. The van der Waals surface area contributed by atoms with Crippen molar-refractivity contribution in [2.45, 2.75) is 18.6 Å². The summed E-state index contributed by atoms with van der Waals surface area (Å²) < 4.78 is 14.1. The lowest BCUT2D eigenvalue weighted by Crippen LogP contribution is -2.22. The van der Waals surface area contributed by atoms with Crippen LogP contribution in [0.15, 0.2) is 42.6 Å². The number of pyridine rings is 1. The van der Waals surface area contributed by atoms with Gasteiger partial charge in [0.1, 0.15) is 17.4 Å². The Bertz CT molecular complexity index is 1030. The quantitative estimate of drug-likeness (QED) is 0.731. The van der Waals surface area contributed by atoms with Gasteiger partial charge in [-0.2, -0.15) is 5.26 Å². The molecule has 3 aromatic rings. The lowest BCUT2D eigenvalue weighted by atomic mass is 10.0. The number of nitriles is 1. The largest absolute Gasteiger partial charge is 0.390 e. The molecule has 4 rings (SSSR count). The smallest absolute Gasteiger partial charge is 0.149 e. The molecule has 1 heterocycles. The van der Waals surface area contributed by atoms with E-state index in [0.29, 0.717) is 22.5 Å². The molecule has 0 saturated carbocycles. The number of anilines is 1. The van der Waals surface area contributed by atoms with Crippen LogP contribution in [-0.2, 0) is 6.42 Å². The van der Waals surface area contributed by atoms with Crippen molar-refractivity contribution in [2.24, 2.45) is 0 Å². The third-order valence-electron chi connectivity index (χ3n) is 4.54. The number of aromatic nitrogens is 1. The molecular formula is C19H13ClFN3O. The number of fused-ring (bicyclic) bond motifs is 2. The summed E-state index contributed by atoms with van der Waals surface area (Å²) in [5.41, 5.74) is 2.72. The van der Waals surface area contributed by atoms with E-state index in [1.165, 1.54) is 18.3 Å². The van der Waals surface area contributed by atoms with Gasteiger partial charge in [0.05, 0.1) is 28.4 Å². The lowest BCUT2D eigenvalue weighted by Gasteiger charge is -2.21. The van der Waals surface area contributed by atoms with E-state index in [0.717, 1.165) is 11.1 Å². The molecule has 2 aromatic carbocycles. The molecular weight excluding hydrogens is 341 g/mol. The molecule has 1 aliphatic carbocycles. The van der Waals surface area contributed by atoms with Gasteiger partial charge in [0.2, 0.25) is 0 Å². The van der Waals surface area contributed by atoms with Gasteiger partial charge in [-0.05, 0) is 23.3 Å². The molecule has 4 nitrogen and oxygen atoms in total. The van der Waals surface area contributed by atoms with E-state index in [1.807, 2.05) is 24.3 Å². The number of halogens is 2. The first-order chi connectivity index (χ1) is 12.1. The number of rotatable bonds is 2. The summed E-state index contributed by atoms with van der Waals surface area (Å²) >= 11 is 6.27. The van der Waals surface area contributed by atoms with Crippen LogP contribution >= 0.6 is 11.6 Å². The minimum atomic E-state index is -0.653. The van der Waals surface area contributed by atoms with Crippen molar-refractivity contribution in [3.8, 4) is 6.07 Å². The van der Waals surface area contributed by atoms with Gasteiger partial charge in [0, 0.05) is 18.0 Å². The third kappa shape index (κ3) is 2.51. The summed E-state index contributed by atoms with van der Waals surface area (Å²) in [5.74, 6) is -0.515. The fraction of sp³-hybridized carbons (Fsp3) is 0.158. The van der Waals surface area contributed by atoms with Crippen molar-refractivity contribution in [3.63, 3.8) is 0 Å². The molecule has 124 valence electrons. The predicted molar refractivity (Wildman–Crippen MR) is 93.9 cm³/mol. The van der Waals surface area contributed by atoms with Crippen LogP contribution in [0.1, 0.15) is 22.7 Å². The Morgan fingerprint density at radius 2 is 2.08 bits per heavy atom. The van der Waals surface area contributed by atoms with Gasteiger partial charge in [-0.15, -0.1) is 0 Å². The highest BCUT2D eigenvalue weighted by atomic mass is 35.5. The zero-order valence-corrected chi connectivity index (χ0v) is 13.8. The third-order valence-corrected chi connectivity index (χ3v) is 4.86. The van der Waals surface area contributed by atoms with Gasteiger partial charge < -0.3 is 10.4 Å². The number of benzene rings is 2. The maximum atomic E-state index is 14.1. The Morgan fingerprint density at radius 3 is 2.88 bits per heavy atom. The van der Waals surface area contributed by atoms with Gasteiger partial charge in [0.25, 0.3) is 0 Å². The summed E-state index contributed by atoms with van der Waals surface area (Å²) in [7, 11) is 0. The first-order valence-corrected chi connectivity index (χ1v) is 8.17. The van der Waals surface area contributed by atoms with Gasteiger partial charge in [-0.25, -0.2) is 4.39 Å². The molecule has 2 N–H and O–H groups in total. The SMILES string of the molecule is N#Cc1cnc2c(F)ccc(Cl)c2c1N[C@@H]1c2ccccc2C[C@@H]1O. The molecule has 0 amide bonds. The highest BCUT2D eigenvalue weighted by Crippen LogP contribution is 2.39. The van der Waals surface area contributed by atoms with E-state index in [1.54, 1.807) is 0 Å². The Labute approximate surface area is 148 Å². The molecule has 1 aromatic heterocycles. The summed E-state index contributed by atoms with van der Waals surface area (Å²) in [6.07, 6.45) is 1.18. The van der Waals surface area contributed by atoms with Crippen LogP contribution in [0.3, 0.4) is 0 Å². The Morgan fingerprint density at radius 1 is 1.28 bits per heavy atom. The molecule has 25 heavy (non-hydrogen) atoms. The molecule has 0 bridgehead atoms. The summed E-state index contributed by atoms with van der Waals surface area (Å²) in [6.45, 7) is 0. The molecule has 0 unspecified atom stereocenters. The molecule has 6 heteroatoms. The highest BCUT2D eigenvalue weighted by molar-refractivity contribution is 6.36. The standard InChI is InChI=1S/C19H13ClFN3O/c20-13-5-6-14(21)19-16(13)17(11(8-22)9-23-19)24-18-12-4-2-1-3-10(12)7-15(18)25/h1-6,9,15,18,25H,7H2,(H,23,24)/t15-,18+/m0/s1. The van der Waals surface area contributed by atoms with E-state index in [9.17, 15) is 14.8 Å². The van der Waals surface area contributed by atoms with E-state index in [4.69, 9.17) is 11.6 Å². The first-order valence-electron chi connectivity index (χ1n) is 7.79. The normalized spacial score (nSPS) is 18.8. The monoisotopic (exact) mass is 353 g/mol. The fourth-order valence-corrected chi connectivity index (χ4v) is 3.62. The van der Waals surface area contributed by atoms with Gasteiger partial charge in [-0.3, -0.25) is 4.98 Å². The summed E-state index contributed by atoms with van der Waals surface area (Å²) in [5, 5.41) is 23.8. The molecule has 0 spiro atoms. The van der Waals surface area contributed by atoms with Crippen molar-refractivity contribution < 1.29 is 9.50 Å². The maximum Gasteiger partial charge on any atom is 0.149 e. The van der Waals surface area contributed by atoms with Crippen LogP contribution in [0.25, 0.3) is 10.9 Å². The van der Waals surface area contributed by atoms with Crippen molar-refractivity contribution in [1.29, 1.82) is 5.26 Å². The van der Waals surface area contributed by atoms with E-state index < -0.39 is 18.0 Å². The van der Waals surface area contributed by atoms with E-state index >= 15 is 0 Å². The average molecular weight is 354 g/mol. The number of hydrogen-bond donors (Lipinski definition) is 2. The minimum Gasteiger partial charge on any atom is -0.390 e. The zero-order valence-electron chi connectivity index (χ0n) is 13.0. The van der Waals surface area contributed by atoms with Crippen molar-refractivity contribution in [1.82, 2.24) is 4.98 Å². The molecule has 0 saturated heterocycles. The fourth-order valence-electron chi connectivity index (χ4n) is 3.37. The van der Waals surface area contributed by atoms with Crippen molar-refractivity contribution >= 4 is 28.2 Å². The van der Waals surface area contributed by atoms with Crippen molar-refractivity contribution in [3.05, 3.63) is 70.1 Å². The molecule has 0 fully saturated rings. The molecule has 0 aliphatic heterocycles. The molecule has 1 aliphatic rings. The first kappa shape index (κ1) is 15.8. The van der Waals surface area contributed by atoms with Crippen LogP contribution in [0, 0.1) is 17.1 Å². The average Bonchev–Trinajstić information content (AvgIpc) is 2.94. The van der Waals surface area contributed by atoms with Gasteiger partial charge in [0.15, 0.2) is 0 Å². The minimum absolute atomic E-state index is 0.0924. The number of aliphatic hydroxyl groups is 1. The predicted octanol–water partition coefficient (Wildman–Crippen LogP) is 3.97. The lowest BCUT2D eigenvalue weighted by molar-refractivity contribution is 0.166. The zero-order chi connectivity index (χ0) is 17.6. The summed E-state index contributed by atoms with van der Waals surface area (Å²) in [6, 6.07) is 12.0. The number of hydrogen-bond acceptors (Lipinski definition) is 4. The van der Waals surface area contributed by atoms with Crippen LogP contribution in [0.2, 0.25) is 5.02 Å². The number of aliphatic hydroxyl groups excluding tert-OH is 1. The molecule has 2 atom stereocenters. The van der Waals surface area contributed by atoms with Crippen LogP contribution < -0.4 is 5.32 Å². The Balaban J connectivity index is 1.90. The highest BCUT2D eigenvalue weighted by Gasteiger charge is 2.32. The second-order valence-electron chi connectivity index (χ2n) is 6.00. The molecule has 0 radical (unpaired) electrons. The Hall–Kier alpha value is -2.68. The second-order valence-corrected chi connectivity index (χ2v) is 6.41. The number of nitrogens with one attached hydrogen (secondary N) is 1. The van der Waals surface area contributed by atoms with Gasteiger partial charge >= 0.3 is 0 Å². The maximum absolute atomic E-state index is 14.1. The van der Waals surface area contributed by atoms with E-state index in [-0.39, 0.29) is 11.1 Å². The van der Waals surface area contributed by atoms with Crippen molar-refractivity contribution in [2.75, 3.05) is 5.32 Å².